The molecule has 0 bridgehead atoms. The Hall–Kier alpha value is -1.22. The van der Waals surface area contributed by atoms with Crippen LogP contribution in [0.5, 0.6) is 0 Å². The third-order valence-electron chi connectivity index (χ3n) is 3.04. The van der Waals surface area contributed by atoms with Gasteiger partial charge in [-0.3, -0.25) is 4.79 Å². The SMILES string of the molecule is CCOC(C(=O)c1cc(C)ccc1F)C1CC1. The molecule has 1 fully saturated rings. The van der Waals surface area contributed by atoms with Crippen molar-refractivity contribution in [1.29, 1.82) is 0 Å². The van der Waals surface area contributed by atoms with Gasteiger partial charge in [-0.2, -0.15) is 0 Å². The molecular formula is C14H17FO2. The summed E-state index contributed by atoms with van der Waals surface area (Å²) in [6.07, 6.45) is 1.55. The van der Waals surface area contributed by atoms with Crippen molar-refractivity contribution in [3.8, 4) is 0 Å². The highest BCUT2D eigenvalue weighted by Gasteiger charge is 2.37. The topological polar surface area (TPSA) is 26.3 Å². The largest absolute Gasteiger partial charge is 0.370 e. The minimum atomic E-state index is -0.462. The highest BCUT2D eigenvalue weighted by Crippen LogP contribution is 2.36. The minimum absolute atomic E-state index is 0.162. The Labute approximate surface area is 101 Å². The lowest BCUT2D eigenvalue weighted by Gasteiger charge is -2.15. The number of hydrogen-bond acceptors (Lipinski definition) is 2. The van der Waals surface area contributed by atoms with Crippen LogP contribution in [0.15, 0.2) is 18.2 Å². The summed E-state index contributed by atoms with van der Waals surface area (Å²) in [6, 6.07) is 4.61. The molecule has 17 heavy (non-hydrogen) atoms. The van der Waals surface area contributed by atoms with Crippen LogP contribution in [0.3, 0.4) is 0 Å². The van der Waals surface area contributed by atoms with Gasteiger partial charge in [-0.05, 0) is 44.7 Å². The highest BCUT2D eigenvalue weighted by atomic mass is 19.1. The van der Waals surface area contributed by atoms with E-state index >= 15 is 0 Å². The van der Waals surface area contributed by atoms with Gasteiger partial charge in [0.15, 0.2) is 5.78 Å². The average Bonchev–Trinajstić information content (AvgIpc) is 3.12. The average molecular weight is 236 g/mol. The Kier molecular flexibility index (Phi) is 3.57. The second kappa shape index (κ2) is 4.96. The number of Topliss-reactive ketones (excluding diaryl/α,β-unsaturated/α-hetero) is 1. The van der Waals surface area contributed by atoms with E-state index < -0.39 is 11.9 Å². The molecule has 1 aliphatic carbocycles. The minimum Gasteiger partial charge on any atom is -0.370 e. The van der Waals surface area contributed by atoms with E-state index in [1.54, 1.807) is 12.1 Å². The second-order valence-electron chi connectivity index (χ2n) is 4.56. The summed E-state index contributed by atoms with van der Waals surface area (Å²) in [7, 11) is 0. The van der Waals surface area contributed by atoms with Gasteiger partial charge < -0.3 is 4.74 Å². The number of carbonyl (C=O) groups excluding carboxylic acids is 1. The van der Waals surface area contributed by atoms with Crippen LogP contribution in [0.25, 0.3) is 0 Å². The van der Waals surface area contributed by atoms with Crippen molar-refractivity contribution in [2.24, 2.45) is 5.92 Å². The van der Waals surface area contributed by atoms with Crippen LogP contribution in [0.4, 0.5) is 4.39 Å². The molecule has 1 aromatic carbocycles. The third-order valence-corrected chi connectivity index (χ3v) is 3.04. The molecular weight excluding hydrogens is 219 g/mol. The Morgan fingerprint density at radius 1 is 1.53 bits per heavy atom. The molecule has 0 radical (unpaired) electrons. The predicted octanol–water partition coefficient (Wildman–Crippen LogP) is 3.13. The lowest BCUT2D eigenvalue weighted by atomic mass is 10.0. The maximum Gasteiger partial charge on any atom is 0.194 e. The highest BCUT2D eigenvalue weighted by molar-refractivity contribution is 6.00. The van der Waals surface area contributed by atoms with E-state index in [4.69, 9.17) is 4.74 Å². The maximum absolute atomic E-state index is 13.6. The molecule has 2 rings (SSSR count). The molecule has 0 aliphatic heterocycles. The molecule has 0 heterocycles. The second-order valence-corrected chi connectivity index (χ2v) is 4.56. The van der Waals surface area contributed by atoms with Gasteiger partial charge in [0.2, 0.25) is 0 Å². The molecule has 0 N–H and O–H groups in total. The summed E-state index contributed by atoms with van der Waals surface area (Å²) >= 11 is 0. The molecule has 1 aliphatic rings. The lowest BCUT2D eigenvalue weighted by Crippen LogP contribution is -2.27. The van der Waals surface area contributed by atoms with Gasteiger partial charge in [0, 0.05) is 6.61 Å². The number of rotatable bonds is 5. The molecule has 1 atom stereocenters. The van der Waals surface area contributed by atoms with Crippen molar-refractivity contribution in [3.63, 3.8) is 0 Å². The fourth-order valence-corrected chi connectivity index (χ4v) is 1.99. The first kappa shape index (κ1) is 12.2. The number of benzene rings is 1. The first-order valence-electron chi connectivity index (χ1n) is 6.05. The predicted molar refractivity (Wildman–Crippen MR) is 63.6 cm³/mol. The number of ether oxygens (including phenoxy) is 1. The molecule has 0 amide bonds. The van der Waals surface area contributed by atoms with Crippen molar-refractivity contribution in [1.82, 2.24) is 0 Å². The van der Waals surface area contributed by atoms with Crippen LogP contribution in [0.2, 0.25) is 0 Å². The van der Waals surface area contributed by atoms with Gasteiger partial charge in [0.05, 0.1) is 5.56 Å². The van der Waals surface area contributed by atoms with Gasteiger partial charge in [-0.25, -0.2) is 4.39 Å². The normalized spacial score (nSPS) is 16.9. The molecule has 2 nitrogen and oxygen atoms in total. The maximum atomic E-state index is 13.6. The summed E-state index contributed by atoms with van der Waals surface area (Å²) in [5.41, 5.74) is 1.05. The van der Waals surface area contributed by atoms with Gasteiger partial charge in [-0.1, -0.05) is 11.6 Å². The Bertz CT molecular complexity index is 424. The fraction of sp³-hybridized carbons (Fsp3) is 0.500. The Morgan fingerprint density at radius 2 is 2.24 bits per heavy atom. The molecule has 0 spiro atoms. The molecule has 1 aromatic rings. The molecule has 1 unspecified atom stereocenters. The molecule has 92 valence electrons. The van der Waals surface area contributed by atoms with Gasteiger partial charge >= 0.3 is 0 Å². The van der Waals surface area contributed by atoms with E-state index in [0.717, 1.165) is 18.4 Å². The monoisotopic (exact) mass is 236 g/mol. The van der Waals surface area contributed by atoms with Crippen LogP contribution in [-0.4, -0.2) is 18.5 Å². The fourth-order valence-electron chi connectivity index (χ4n) is 1.99. The smallest absolute Gasteiger partial charge is 0.194 e. The first-order valence-corrected chi connectivity index (χ1v) is 6.05. The lowest BCUT2D eigenvalue weighted by molar-refractivity contribution is 0.0371. The van der Waals surface area contributed by atoms with Gasteiger partial charge in [0.1, 0.15) is 11.9 Å². The van der Waals surface area contributed by atoms with E-state index in [0.29, 0.717) is 6.61 Å². The zero-order valence-electron chi connectivity index (χ0n) is 10.2. The van der Waals surface area contributed by atoms with Gasteiger partial charge in [0.25, 0.3) is 0 Å². The van der Waals surface area contributed by atoms with Crippen LogP contribution < -0.4 is 0 Å². The molecule has 1 saturated carbocycles. The number of ketones is 1. The Morgan fingerprint density at radius 3 is 2.82 bits per heavy atom. The summed E-state index contributed by atoms with van der Waals surface area (Å²) in [4.78, 5) is 12.2. The number of aryl methyl sites for hydroxylation is 1. The summed E-state index contributed by atoms with van der Waals surface area (Å²) in [5, 5.41) is 0. The number of carbonyl (C=O) groups is 1. The van der Waals surface area contributed by atoms with Crippen LogP contribution in [-0.2, 0) is 4.74 Å². The van der Waals surface area contributed by atoms with Crippen molar-refractivity contribution in [3.05, 3.63) is 35.1 Å². The van der Waals surface area contributed by atoms with Crippen LogP contribution in [0, 0.1) is 18.7 Å². The van der Waals surface area contributed by atoms with Crippen molar-refractivity contribution in [2.45, 2.75) is 32.8 Å². The first-order chi connectivity index (χ1) is 8.13. The summed E-state index contributed by atoms with van der Waals surface area (Å²) in [6.45, 7) is 4.19. The standard InChI is InChI=1S/C14H17FO2/c1-3-17-14(10-5-6-10)13(16)11-8-9(2)4-7-12(11)15/h4,7-8,10,14H,3,5-6H2,1-2H3. The summed E-state index contributed by atoms with van der Waals surface area (Å²) in [5.74, 6) is -0.385. The van der Waals surface area contributed by atoms with Crippen molar-refractivity contribution >= 4 is 5.78 Å². The third kappa shape index (κ3) is 2.72. The summed E-state index contributed by atoms with van der Waals surface area (Å²) < 4.78 is 19.1. The van der Waals surface area contributed by atoms with E-state index in [9.17, 15) is 9.18 Å². The molecule has 3 heteroatoms. The number of halogens is 1. The Balaban J connectivity index is 2.24. The van der Waals surface area contributed by atoms with E-state index in [1.165, 1.54) is 6.07 Å². The van der Waals surface area contributed by atoms with Gasteiger partial charge in [-0.15, -0.1) is 0 Å². The van der Waals surface area contributed by atoms with E-state index in [2.05, 4.69) is 0 Å². The zero-order valence-corrected chi connectivity index (χ0v) is 10.2. The van der Waals surface area contributed by atoms with E-state index in [1.807, 2.05) is 13.8 Å². The molecule has 0 saturated heterocycles. The van der Waals surface area contributed by atoms with Crippen molar-refractivity contribution in [2.75, 3.05) is 6.61 Å². The number of hydrogen-bond donors (Lipinski definition) is 0. The van der Waals surface area contributed by atoms with Crippen LogP contribution in [0.1, 0.15) is 35.7 Å². The molecule has 0 aromatic heterocycles. The van der Waals surface area contributed by atoms with E-state index in [-0.39, 0.29) is 17.3 Å². The van der Waals surface area contributed by atoms with Crippen LogP contribution >= 0.6 is 0 Å². The quantitative estimate of drug-likeness (QED) is 0.734. The van der Waals surface area contributed by atoms with Crippen molar-refractivity contribution < 1.29 is 13.9 Å². The zero-order chi connectivity index (χ0) is 12.4.